The maximum absolute atomic E-state index is 13.0. The van der Waals surface area contributed by atoms with Crippen molar-refractivity contribution < 1.29 is 14.3 Å². The van der Waals surface area contributed by atoms with Crippen molar-refractivity contribution in [3.63, 3.8) is 0 Å². The van der Waals surface area contributed by atoms with Crippen LogP contribution in [-0.2, 0) is 16.1 Å². The van der Waals surface area contributed by atoms with Gasteiger partial charge in [-0.2, -0.15) is 0 Å². The molecule has 8 heteroatoms. The van der Waals surface area contributed by atoms with Gasteiger partial charge in [-0.1, -0.05) is 43.6 Å². The van der Waals surface area contributed by atoms with E-state index in [9.17, 15) is 9.59 Å². The molecule has 180 valence electrons. The average Bonchev–Trinajstić information content (AvgIpc) is 3.16. The van der Waals surface area contributed by atoms with Crippen LogP contribution in [0.25, 0.3) is 11.1 Å². The van der Waals surface area contributed by atoms with Crippen molar-refractivity contribution in [3.8, 4) is 11.1 Å². The van der Waals surface area contributed by atoms with Crippen LogP contribution in [-0.4, -0.2) is 35.0 Å². The summed E-state index contributed by atoms with van der Waals surface area (Å²) >= 11 is 11.3. The van der Waals surface area contributed by atoms with Gasteiger partial charge in [0.25, 0.3) is 5.91 Å². The number of amides is 1. The van der Waals surface area contributed by atoms with Crippen LogP contribution < -0.4 is 10.6 Å². The molecular weight excluding hydrogens is 482 g/mol. The molecule has 0 spiro atoms. The molecule has 0 saturated heterocycles. The number of rotatable bonds is 6. The van der Waals surface area contributed by atoms with Gasteiger partial charge in [-0.25, -0.2) is 4.79 Å². The van der Waals surface area contributed by atoms with E-state index in [4.69, 9.17) is 28.6 Å². The number of carbonyl (C=O) groups excluding carboxylic acids is 2. The summed E-state index contributed by atoms with van der Waals surface area (Å²) in [7, 11) is 1.35. The number of hydrogen-bond donors (Lipinski definition) is 2. The van der Waals surface area contributed by atoms with E-state index >= 15 is 0 Å². The van der Waals surface area contributed by atoms with Crippen LogP contribution in [0.3, 0.4) is 0 Å². The maximum atomic E-state index is 13.0. The number of carbonyl (C=O) groups is 2. The summed E-state index contributed by atoms with van der Waals surface area (Å²) in [5, 5.41) is 7.43. The monoisotopic (exact) mass is 507 g/mol. The molecule has 1 amide bonds. The lowest BCUT2D eigenvalue weighted by atomic mass is 10.0. The Labute approximate surface area is 215 Å². The molecule has 3 aromatic carbocycles. The molecule has 0 bridgehead atoms. The predicted octanol–water partition coefficient (Wildman–Crippen LogP) is 5.97. The van der Waals surface area contributed by atoms with Crippen molar-refractivity contribution in [2.75, 3.05) is 17.7 Å². The highest BCUT2D eigenvalue weighted by molar-refractivity contribution is 7.80. The lowest BCUT2D eigenvalue weighted by molar-refractivity contribution is -0.147. The number of nitrogens with zero attached hydrogens (tertiary/aromatic N) is 1. The van der Waals surface area contributed by atoms with Crippen LogP contribution in [0.2, 0.25) is 5.02 Å². The fourth-order valence-corrected chi connectivity index (χ4v) is 4.56. The van der Waals surface area contributed by atoms with E-state index in [1.54, 1.807) is 17.0 Å². The Morgan fingerprint density at radius 3 is 2.11 bits per heavy atom. The fraction of sp³-hybridized carbons (Fsp3) is 0.222. The molecule has 4 rings (SSSR count). The van der Waals surface area contributed by atoms with Crippen molar-refractivity contribution in [1.29, 1.82) is 0 Å². The number of esters is 1. The van der Waals surface area contributed by atoms with Crippen molar-refractivity contribution in [1.82, 2.24) is 4.90 Å². The SMILES string of the molecule is COC(=O)C(C(C)C)N1Cc2cc(-c3ccc(NC(=S)Nc4ccc(Cl)cc4)cc3)ccc2C1=O. The first-order chi connectivity index (χ1) is 16.8. The molecule has 1 atom stereocenters. The van der Waals surface area contributed by atoms with Gasteiger partial charge < -0.3 is 20.3 Å². The van der Waals surface area contributed by atoms with Gasteiger partial charge in [-0.3, -0.25) is 4.79 Å². The number of thiocarbonyl (C=S) groups is 1. The van der Waals surface area contributed by atoms with Crippen molar-refractivity contribution in [2.24, 2.45) is 5.92 Å². The van der Waals surface area contributed by atoms with Crippen LogP contribution in [0.5, 0.6) is 0 Å². The Balaban J connectivity index is 1.46. The summed E-state index contributed by atoms with van der Waals surface area (Å²) in [5.41, 5.74) is 5.22. The highest BCUT2D eigenvalue weighted by Gasteiger charge is 2.38. The molecule has 0 fully saturated rings. The van der Waals surface area contributed by atoms with E-state index in [0.29, 0.717) is 22.2 Å². The van der Waals surface area contributed by atoms with Crippen LogP contribution >= 0.6 is 23.8 Å². The molecule has 1 aliphatic rings. The van der Waals surface area contributed by atoms with Gasteiger partial charge in [0, 0.05) is 28.5 Å². The lowest BCUT2D eigenvalue weighted by Gasteiger charge is -2.28. The first kappa shape index (κ1) is 24.7. The van der Waals surface area contributed by atoms with E-state index in [2.05, 4.69) is 10.6 Å². The number of halogens is 1. The van der Waals surface area contributed by atoms with Crippen molar-refractivity contribution in [3.05, 3.63) is 82.9 Å². The second kappa shape index (κ2) is 10.5. The molecule has 0 aliphatic carbocycles. The normalized spacial score (nSPS) is 13.4. The molecule has 1 heterocycles. The minimum Gasteiger partial charge on any atom is -0.467 e. The zero-order valence-electron chi connectivity index (χ0n) is 19.7. The van der Waals surface area contributed by atoms with Crippen LogP contribution in [0.1, 0.15) is 29.8 Å². The molecule has 2 N–H and O–H groups in total. The summed E-state index contributed by atoms with van der Waals surface area (Å²) in [6, 6.07) is 20.3. The van der Waals surface area contributed by atoms with Gasteiger partial charge in [0.2, 0.25) is 0 Å². The number of hydrogen-bond acceptors (Lipinski definition) is 4. The second-order valence-corrected chi connectivity index (χ2v) is 9.53. The topological polar surface area (TPSA) is 70.7 Å². The zero-order chi connectivity index (χ0) is 25.1. The van der Waals surface area contributed by atoms with Gasteiger partial charge in [0.1, 0.15) is 6.04 Å². The number of nitrogens with one attached hydrogen (secondary N) is 2. The highest BCUT2D eigenvalue weighted by Crippen LogP contribution is 2.32. The van der Waals surface area contributed by atoms with E-state index < -0.39 is 12.0 Å². The van der Waals surface area contributed by atoms with Crippen LogP contribution in [0, 0.1) is 5.92 Å². The highest BCUT2D eigenvalue weighted by atomic mass is 35.5. The Morgan fingerprint density at radius 2 is 1.54 bits per heavy atom. The third-order valence-electron chi connectivity index (χ3n) is 5.93. The molecule has 35 heavy (non-hydrogen) atoms. The average molecular weight is 508 g/mol. The Bertz CT molecular complexity index is 1260. The van der Waals surface area contributed by atoms with Crippen LogP contribution in [0.4, 0.5) is 11.4 Å². The first-order valence-corrected chi connectivity index (χ1v) is 12.0. The van der Waals surface area contributed by atoms with Gasteiger partial charge in [-0.05, 0) is 83.4 Å². The summed E-state index contributed by atoms with van der Waals surface area (Å²) in [5.74, 6) is -0.592. The number of anilines is 2. The standard InChI is InChI=1S/C27H26ClN3O3S/c1-16(2)24(26(33)34-3)31-15-19-14-18(6-13-23(19)25(31)32)17-4-9-21(10-5-17)29-27(35)30-22-11-7-20(28)8-12-22/h4-14,16,24H,15H2,1-3H3,(H2,29,30,35). The molecule has 1 aliphatic heterocycles. The van der Waals surface area contributed by atoms with E-state index in [-0.39, 0.29) is 11.8 Å². The maximum Gasteiger partial charge on any atom is 0.328 e. The second-order valence-electron chi connectivity index (χ2n) is 8.68. The minimum absolute atomic E-state index is 0.0551. The quantitative estimate of drug-likeness (QED) is 0.316. The minimum atomic E-state index is -0.612. The molecule has 6 nitrogen and oxygen atoms in total. The molecule has 0 radical (unpaired) electrons. The zero-order valence-corrected chi connectivity index (χ0v) is 21.2. The number of benzene rings is 3. The molecule has 0 saturated carbocycles. The van der Waals surface area contributed by atoms with Crippen molar-refractivity contribution >= 4 is 52.2 Å². The largest absolute Gasteiger partial charge is 0.467 e. The van der Waals surface area contributed by atoms with Gasteiger partial charge in [0.05, 0.1) is 7.11 Å². The summed E-state index contributed by atoms with van der Waals surface area (Å²) in [6.07, 6.45) is 0. The van der Waals surface area contributed by atoms with Gasteiger partial charge in [0.15, 0.2) is 5.11 Å². The predicted molar refractivity (Wildman–Crippen MR) is 144 cm³/mol. The number of methoxy groups -OCH3 is 1. The summed E-state index contributed by atoms with van der Waals surface area (Å²) < 4.78 is 4.95. The van der Waals surface area contributed by atoms with Crippen molar-refractivity contribution in [2.45, 2.75) is 26.4 Å². The first-order valence-electron chi connectivity index (χ1n) is 11.2. The smallest absolute Gasteiger partial charge is 0.328 e. The number of ether oxygens (including phenoxy) is 1. The molecular formula is C27H26ClN3O3S. The van der Waals surface area contributed by atoms with Gasteiger partial charge in [-0.15, -0.1) is 0 Å². The summed E-state index contributed by atoms with van der Waals surface area (Å²) in [6.45, 7) is 4.20. The molecule has 0 aromatic heterocycles. The van der Waals surface area contributed by atoms with Crippen LogP contribution in [0.15, 0.2) is 66.7 Å². The lowest BCUT2D eigenvalue weighted by Crippen LogP contribution is -2.45. The Hall–Kier alpha value is -3.42. The third kappa shape index (κ3) is 5.47. The number of fused-ring (bicyclic) bond motifs is 1. The molecule has 3 aromatic rings. The fourth-order valence-electron chi connectivity index (χ4n) is 4.20. The Morgan fingerprint density at radius 1 is 0.971 bits per heavy atom. The van der Waals surface area contributed by atoms with E-state index in [1.165, 1.54) is 7.11 Å². The van der Waals surface area contributed by atoms with Gasteiger partial charge >= 0.3 is 5.97 Å². The Kier molecular flexibility index (Phi) is 7.38. The van der Waals surface area contributed by atoms with E-state index in [1.807, 2.05) is 68.4 Å². The summed E-state index contributed by atoms with van der Waals surface area (Å²) in [4.78, 5) is 26.9. The molecule has 1 unspecified atom stereocenters. The third-order valence-corrected chi connectivity index (χ3v) is 6.38. The van der Waals surface area contributed by atoms with E-state index in [0.717, 1.165) is 28.1 Å².